The van der Waals surface area contributed by atoms with Crippen LogP contribution in [0.25, 0.3) is 0 Å². The van der Waals surface area contributed by atoms with E-state index in [1.807, 2.05) is 0 Å². The van der Waals surface area contributed by atoms with Crippen molar-refractivity contribution in [3.63, 3.8) is 0 Å². The monoisotopic (exact) mass is 267 g/mol. The average molecular weight is 267 g/mol. The smallest absolute Gasteiger partial charge is 0.306 e. The fourth-order valence-electron chi connectivity index (χ4n) is 3.35. The zero-order chi connectivity index (χ0) is 13.9. The first-order valence-electron chi connectivity index (χ1n) is 7.57. The van der Waals surface area contributed by atoms with E-state index >= 15 is 0 Å². The molecule has 4 heteroatoms. The molecule has 2 aliphatic rings. The number of carbonyl (C=O) groups is 2. The highest BCUT2D eigenvalue weighted by Gasteiger charge is 2.36. The van der Waals surface area contributed by atoms with Crippen LogP contribution in [0.4, 0.5) is 0 Å². The number of carboxylic acids is 1. The number of rotatable bonds is 5. The molecule has 0 aromatic rings. The normalized spacial score (nSPS) is 29.3. The van der Waals surface area contributed by atoms with Gasteiger partial charge in [-0.05, 0) is 50.4 Å². The number of hydrogen-bond donors (Lipinski definition) is 2. The second kappa shape index (κ2) is 5.93. The van der Waals surface area contributed by atoms with Crippen molar-refractivity contribution in [3.05, 3.63) is 0 Å². The minimum Gasteiger partial charge on any atom is -0.481 e. The lowest BCUT2D eigenvalue weighted by Gasteiger charge is -2.41. The van der Waals surface area contributed by atoms with Gasteiger partial charge in [0.1, 0.15) is 0 Å². The molecule has 0 radical (unpaired) electrons. The molecule has 2 rings (SSSR count). The van der Waals surface area contributed by atoms with Gasteiger partial charge in [0.25, 0.3) is 0 Å². The van der Waals surface area contributed by atoms with Crippen molar-refractivity contribution < 1.29 is 14.7 Å². The molecular weight excluding hydrogens is 242 g/mol. The molecular formula is C15H25NO3. The number of carboxylic acid groups (broad SMARTS) is 1. The summed E-state index contributed by atoms with van der Waals surface area (Å²) in [6, 6.07) is 0. The molecule has 0 saturated heterocycles. The van der Waals surface area contributed by atoms with Gasteiger partial charge in [-0.1, -0.05) is 13.3 Å². The third-order valence-corrected chi connectivity index (χ3v) is 5.25. The third-order valence-electron chi connectivity index (χ3n) is 5.25. The molecule has 0 aromatic heterocycles. The lowest BCUT2D eigenvalue weighted by Crippen LogP contribution is -2.44. The highest BCUT2D eigenvalue weighted by molar-refractivity contribution is 5.79. The Morgan fingerprint density at radius 1 is 1.16 bits per heavy atom. The molecule has 0 bridgehead atoms. The number of amides is 1. The molecule has 1 amide bonds. The Morgan fingerprint density at radius 3 is 2.16 bits per heavy atom. The van der Waals surface area contributed by atoms with E-state index in [9.17, 15) is 9.59 Å². The molecule has 2 aliphatic carbocycles. The van der Waals surface area contributed by atoms with E-state index in [0.717, 1.165) is 25.8 Å². The highest BCUT2D eigenvalue weighted by atomic mass is 16.4. The molecule has 0 spiro atoms. The van der Waals surface area contributed by atoms with Crippen molar-refractivity contribution >= 4 is 11.9 Å². The van der Waals surface area contributed by atoms with Crippen LogP contribution in [0.5, 0.6) is 0 Å². The van der Waals surface area contributed by atoms with Gasteiger partial charge in [-0.2, -0.15) is 0 Å². The lowest BCUT2D eigenvalue weighted by atomic mass is 9.67. The third kappa shape index (κ3) is 3.28. The minimum absolute atomic E-state index is 0.0320. The molecule has 108 valence electrons. The second-order valence-electron chi connectivity index (χ2n) is 6.31. The Kier molecular flexibility index (Phi) is 4.48. The van der Waals surface area contributed by atoms with Crippen molar-refractivity contribution in [2.75, 3.05) is 6.54 Å². The van der Waals surface area contributed by atoms with Crippen LogP contribution >= 0.6 is 0 Å². The van der Waals surface area contributed by atoms with Crippen LogP contribution in [0.1, 0.15) is 58.3 Å². The number of nitrogens with one attached hydrogen (secondary N) is 1. The predicted molar refractivity (Wildman–Crippen MR) is 72.7 cm³/mol. The highest BCUT2D eigenvalue weighted by Crippen LogP contribution is 2.43. The van der Waals surface area contributed by atoms with Gasteiger partial charge in [0.2, 0.25) is 5.91 Å². The van der Waals surface area contributed by atoms with Crippen LogP contribution in [-0.2, 0) is 9.59 Å². The number of hydrogen-bond acceptors (Lipinski definition) is 2. The standard InChI is InChI=1S/C15H25NO3/c1-2-15(8-3-9-15)10-16-13(17)11-4-6-12(7-5-11)14(18)19/h11-12H,2-10H2,1H3,(H,16,17)(H,18,19). The molecule has 0 aliphatic heterocycles. The topological polar surface area (TPSA) is 66.4 Å². The summed E-state index contributed by atoms with van der Waals surface area (Å²) in [5, 5.41) is 12.0. The lowest BCUT2D eigenvalue weighted by molar-refractivity contribution is -0.144. The van der Waals surface area contributed by atoms with Crippen molar-refractivity contribution in [1.29, 1.82) is 0 Å². The van der Waals surface area contributed by atoms with Gasteiger partial charge >= 0.3 is 5.97 Å². The summed E-state index contributed by atoms with van der Waals surface area (Å²) in [6.45, 7) is 3.00. The maximum absolute atomic E-state index is 12.1. The summed E-state index contributed by atoms with van der Waals surface area (Å²) in [6.07, 6.45) is 7.63. The molecule has 19 heavy (non-hydrogen) atoms. The van der Waals surface area contributed by atoms with Crippen LogP contribution in [0, 0.1) is 17.3 Å². The van der Waals surface area contributed by atoms with Gasteiger partial charge in [-0.15, -0.1) is 0 Å². The van der Waals surface area contributed by atoms with Crippen LogP contribution in [-0.4, -0.2) is 23.5 Å². The Bertz CT molecular complexity index is 336. The fourth-order valence-corrected chi connectivity index (χ4v) is 3.35. The summed E-state index contributed by atoms with van der Waals surface area (Å²) in [4.78, 5) is 23.0. The summed E-state index contributed by atoms with van der Waals surface area (Å²) < 4.78 is 0. The van der Waals surface area contributed by atoms with Crippen LogP contribution in [0.15, 0.2) is 0 Å². The Morgan fingerprint density at radius 2 is 1.74 bits per heavy atom. The SMILES string of the molecule is CCC1(CNC(=O)C2CCC(C(=O)O)CC2)CCC1. The van der Waals surface area contributed by atoms with Gasteiger partial charge in [-0.3, -0.25) is 9.59 Å². The van der Waals surface area contributed by atoms with Crippen LogP contribution in [0.2, 0.25) is 0 Å². The van der Waals surface area contributed by atoms with E-state index in [2.05, 4.69) is 12.2 Å². The van der Waals surface area contributed by atoms with E-state index in [1.54, 1.807) is 0 Å². The number of aliphatic carboxylic acids is 1. The first kappa shape index (κ1) is 14.4. The Balaban J connectivity index is 1.74. The molecule has 2 saturated carbocycles. The fraction of sp³-hybridized carbons (Fsp3) is 0.867. The zero-order valence-electron chi connectivity index (χ0n) is 11.8. The van der Waals surface area contributed by atoms with Gasteiger partial charge in [-0.25, -0.2) is 0 Å². The summed E-state index contributed by atoms with van der Waals surface area (Å²) >= 11 is 0. The summed E-state index contributed by atoms with van der Waals surface area (Å²) in [5.41, 5.74) is 0.355. The first-order chi connectivity index (χ1) is 9.06. The molecule has 0 aromatic carbocycles. The first-order valence-corrected chi connectivity index (χ1v) is 7.57. The number of carbonyl (C=O) groups excluding carboxylic acids is 1. The molecule has 4 nitrogen and oxygen atoms in total. The quantitative estimate of drug-likeness (QED) is 0.804. The molecule has 0 unspecified atom stereocenters. The van der Waals surface area contributed by atoms with Crippen molar-refractivity contribution in [2.45, 2.75) is 58.3 Å². The van der Waals surface area contributed by atoms with E-state index < -0.39 is 5.97 Å². The Labute approximate surface area is 115 Å². The van der Waals surface area contributed by atoms with E-state index in [4.69, 9.17) is 5.11 Å². The van der Waals surface area contributed by atoms with E-state index in [1.165, 1.54) is 19.3 Å². The maximum Gasteiger partial charge on any atom is 0.306 e. The summed E-state index contributed by atoms with van der Waals surface area (Å²) in [5.74, 6) is -0.774. The Hall–Kier alpha value is -1.06. The zero-order valence-corrected chi connectivity index (χ0v) is 11.8. The second-order valence-corrected chi connectivity index (χ2v) is 6.31. The van der Waals surface area contributed by atoms with E-state index in [0.29, 0.717) is 18.3 Å². The predicted octanol–water partition coefficient (Wildman–Crippen LogP) is 2.57. The largest absolute Gasteiger partial charge is 0.481 e. The summed E-state index contributed by atoms with van der Waals surface area (Å²) in [7, 11) is 0. The maximum atomic E-state index is 12.1. The van der Waals surface area contributed by atoms with Crippen molar-refractivity contribution in [1.82, 2.24) is 5.32 Å². The van der Waals surface area contributed by atoms with Gasteiger partial charge in [0.15, 0.2) is 0 Å². The van der Waals surface area contributed by atoms with Crippen LogP contribution in [0.3, 0.4) is 0 Å². The van der Waals surface area contributed by atoms with Gasteiger partial charge < -0.3 is 10.4 Å². The van der Waals surface area contributed by atoms with Crippen LogP contribution < -0.4 is 5.32 Å². The minimum atomic E-state index is -0.710. The van der Waals surface area contributed by atoms with E-state index in [-0.39, 0.29) is 17.7 Å². The molecule has 0 heterocycles. The average Bonchev–Trinajstić information content (AvgIpc) is 2.38. The van der Waals surface area contributed by atoms with Crippen molar-refractivity contribution in [2.24, 2.45) is 17.3 Å². The van der Waals surface area contributed by atoms with Gasteiger partial charge in [0, 0.05) is 12.5 Å². The molecule has 2 N–H and O–H groups in total. The molecule has 2 fully saturated rings. The van der Waals surface area contributed by atoms with Crippen molar-refractivity contribution in [3.8, 4) is 0 Å². The van der Waals surface area contributed by atoms with Gasteiger partial charge in [0.05, 0.1) is 5.92 Å². The molecule has 0 atom stereocenters.